The number of benzene rings is 4. The molecule has 0 unspecified atom stereocenters. The van der Waals surface area contributed by atoms with Crippen LogP contribution < -0.4 is 29.1 Å². The second kappa shape index (κ2) is 14.1. The molecule has 0 aliphatic carbocycles. The zero-order valence-electron chi connectivity index (χ0n) is 26.8. The van der Waals surface area contributed by atoms with Crippen LogP contribution in [0, 0.1) is 0 Å². The van der Waals surface area contributed by atoms with Gasteiger partial charge in [-0.05, 0) is 60.0 Å². The van der Waals surface area contributed by atoms with E-state index in [9.17, 15) is 9.59 Å². The van der Waals surface area contributed by atoms with Gasteiger partial charge in [-0.25, -0.2) is 9.79 Å². The molecule has 1 aromatic heterocycles. The smallest absolute Gasteiger partial charge is 0.338 e. The summed E-state index contributed by atoms with van der Waals surface area (Å²) in [7, 11) is 3.14. The number of fused-ring (bicyclic) bond motifs is 2. The van der Waals surface area contributed by atoms with E-state index in [4.69, 9.17) is 23.9 Å². The molecule has 0 saturated heterocycles. The fourth-order valence-electron chi connectivity index (χ4n) is 5.89. The standard InChI is InChI=1S/C38H36N2O6S/c1-5-12-30-34(37(42)45-6-2)35(29-21-26(43-3)18-20-31(29)44-4)40-36(41)33(47-38(40)39-30)22-28-27-16-11-10-15-25(27)17-19-32(28)46-23-24-13-8-7-9-14-24/h7-11,13-22,35H,5-6,12,23H2,1-4H3/b33-22-/t35-/m1/s1. The molecule has 0 spiro atoms. The van der Waals surface area contributed by atoms with Gasteiger partial charge in [0.25, 0.3) is 5.56 Å². The molecule has 0 N–H and O–H groups in total. The maximum absolute atomic E-state index is 14.6. The van der Waals surface area contributed by atoms with Crippen molar-refractivity contribution < 1.29 is 23.7 Å². The van der Waals surface area contributed by atoms with E-state index in [1.807, 2.05) is 79.7 Å². The second-order valence-corrected chi connectivity index (χ2v) is 12.0. The molecular formula is C38H36N2O6S. The third-order valence-electron chi connectivity index (χ3n) is 8.07. The number of ether oxygens (including phenoxy) is 4. The van der Waals surface area contributed by atoms with Crippen LogP contribution in [0.5, 0.6) is 17.2 Å². The Balaban J connectivity index is 1.60. The molecule has 6 rings (SSSR count). The molecule has 0 bridgehead atoms. The Kier molecular flexibility index (Phi) is 9.54. The van der Waals surface area contributed by atoms with Crippen molar-refractivity contribution in [3.8, 4) is 17.2 Å². The van der Waals surface area contributed by atoms with Crippen LogP contribution in [0.25, 0.3) is 16.8 Å². The molecule has 2 heterocycles. The van der Waals surface area contributed by atoms with Crippen molar-refractivity contribution >= 4 is 34.2 Å². The number of thiazole rings is 1. The van der Waals surface area contributed by atoms with Crippen molar-refractivity contribution in [1.82, 2.24) is 4.57 Å². The minimum Gasteiger partial charge on any atom is -0.497 e. The van der Waals surface area contributed by atoms with E-state index >= 15 is 0 Å². The SMILES string of the molecule is CCCC1=C(C(=O)OCC)[C@@H](c2cc(OC)ccc2OC)n2c(s/c(=C\c3c(OCc4ccccc4)ccc4ccccc34)c2=O)=N1. The molecule has 5 aromatic rings. The highest BCUT2D eigenvalue weighted by Crippen LogP contribution is 2.39. The van der Waals surface area contributed by atoms with Crippen molar-refractivity contribution in [2.75, 3.05) is 20.8 Å². The fourth-order valence-corrected chi connectivity index (χ4v) is 6.89. The van der Waals surface area contributed by atoms with Crippen LogP contribution in [0.1, 0.15) is 49.4 Å². The first kappa shape index (κ1) is 31.8. The van der Waals surface area contributed by atoms with Crippen LogP contribution >= 0.6 is 11.3 Å². The summed E-state index contributed by atoms with van der Waals surface area (Å²) in [6.45, 7) is 4.34. The third-order valence-corrected chi connectivity index (χ3v) is 9.05. The van der Waals surface area contributed by atoms with Gasteiger partial charge in [0.15, 0.2) is 4.80 Å². The minimum atomic E-state index is -0.847. The van der Waals surface area contributed by atoms with Crippen LogP contribution in [-0.2, 0) is 16.1 Å². The number of methoxy groups -OCH3 is 2. The molecule has 0 fully saturated rings. The van der Waals surface area contributed by atoms with Gasteiger partial charge < -0.3 is 18.9 Å². The van der Waals surface area contributed by atoms with Gasteiger partial charge in [-0.3, -0.25) is 9.36 Å². The topological polar surface area (TPSA) is 88.4 Å². The number of carbonyl (C=O) groups is 1. The summed E-state index contributed by atoms with van der Waals surface area (Å²) in [6, 6.07) is 26.4. The maximum atomic E-state index is 14.6. The van der Waals surface area contributed by atoms with E-state index in [1.165, 1.54) is 11.3 Å². The molecule has 0 saturated carbocycles. The molecule has 47 heavy (non-hydrogen) atoms. The van der Waals surface area contributed by atoms with Crippen molar-refractivity contribution in [2.24, 2.45) is 4.99 Å². The van der Waals surface area contributed by atoms with Gasteiger partial charge in [-0.1, -0.05) is 85.3 Å². The van der Waals surface area contributed by atoms with Gasteiger partial charge in [-0.2, -0.15) is 0 Å². The van der Waals surface area contributed by atoms with Crippen LogP contribution in [-0.4, -0.2) is 31.4 Å². The zero-order chi connectivity index (χ0) is 32.9. The van der Waals surface area contributed by atoms with Gasteiger partial charge in [0.1, 0.15) is 29.9 Å². The number of carbonyl (C=O) groups excluding carboxylic acids is 1. The Morgan fingerprint density at radius 1 is 0.936 bits per heavy atom. The lowest BCUT2D eigenvalue weighted by atomic mass is 9.93. The van der Waals surface area contributed by atoms with Gasteiger partial charge in [-0.15, -0.1) is 0 Å². The lowest BCUT2D eigenvalue weighted by Crippen LogP contribution is -2.40. The molecule has 4 aromatic carbocycles. The van der Waals surface area contributed by atoms with E-state index in [2.05, 4.69) is 0 Å². The first-order valence-corrected chi connectivity index (χ1v) is 16.4. The number of hydrogen-bond acceptors (Lipinski definition) is 8. The number of aromatic nitrogens is 1. The minimum absolute atomic E-state index is 0.182. The quantitative estimate of drug-likeness (QED) is 0.156. The van der Waals surface area contributed by atoms with E-state index in [0.717, 1.165) is 28.3 Å². The third kappa shape index (κ3) is 6.31. The van der Waals surface area contributed by atoms with E-state index in [1.54, 1.807) is 43.9 Å². The molecule has 1 atom stereocenters. The average molecular weight is 649 g/mol. The molecule has 0 radical (unpaired) electrons. The van der Waals surface area contributed by atoms with Crippen LogP contribution in [0.15, 0.2) is 106 Å². The largest absolute Gasteiger partial charge is 0.497 e. The number of allylic oxidation sites excluding steroid dienone is 1. The Hall–Kier alpha value is -5.15. The predicted molar refractivity (Wildman–Crippen MR) is 184 cm³/mol. The summed E-state index contributed by atoms with van der Waals surface area (Å²) in [5.74, 6) is 1.21. The Morgan fingerprint density at radius 3 is 2.45 bits per heavy atom. The normalized spacial score (nSPS) is 14.5. The van der Waals surface area contributed by atoms with Crippen LogP contribution in [0.2, 0.25) is 0 Å². The number of esters is 1. The highest BCUT2D eigenvalue weighted by atomic mass is 32.1. The number of rotatable bonds is 11. The first-order chi connectivity index (χ1) is 23.0. The van der Waals surface area contributed by atoms with E-state index in [0.29, 0.717) is 56.4 Å². The highest BCUT2D eigenvalue weighted by Gasteiger charge is 2.36. The zero-order valence-corrected chi connectivity index (χ0v) is 27.6. The summed E-state index contributed by atoms with van der Waals surface area (Å²) >= 11 is 1.28. The molecular weight excluding hydrogens is 612 g/mol. The van der Waals surface area contributed by atoms with E-state index in [-0.39, 0.29) is 12.2 Å². The van der Waals surface area contributed by atoms with Crippen molar-refractivity contribution in [1.29, 1.82) is 0 Å². The van der Waals surface area contributed by atoms with Crippen molar-refractivity contribution in [3.63, 3.8) is 0 Å². The number of hydrogen-bond donors (Lipinski definition) is 0. The highest BCUT2D eigenvalue weighted by molar-refractivity contribution is 7.07. The molecule has 0 amide bonds. The van der Waals surface area contributed by atoms with Crippen LogP contribution in [0.4, 0.5) is 0 Å². The van der Waals surface area contributed by atoms with Crippen LogP contribution in [0.3, 0.4) is 0 Å². The van der Waals surface area contributed by atoms with Gasteiger partial charge in [0, 0.05) is 11.1 Å². The van der Waals surface area contributed by atoms with E-state index < -0.39 is 12.0 Å². The molecule has 8 nitrogen and oxygen atoms in total. The summed E-state index contributed by atoms with van der Waals surface area (Å²) in [5, 5.41) is 1.97. The van der Waals surface area contributed by atoms with Gasteiger partial charge in [0.2, 0.25) is 0 Å². The lowest BCUT2D eigenvalue weighted by molar-refractivity contribution is -0.139. The Labute approximate surface area is 276 Å². The average Bonchev–Trinajstić information content (AvgIpc) is 3.41. The molecule has 1 aliphatic rings. The monoisotopic (exact) mass is 648 g/mol. The first-order valence-electron chi connectivity index (χ1n) is 15.6. The molecule has 9 heteroatoms. The second-order valence-electron chi connectivity index (χ2n) is 11.0. The summed E-state index contributed by atoms with van der Waals surface area (Å²) in [4.78, 5) is 33.6. The lowest BCUT2D eigenvalue weighted by Gasteiger charge is -2.27. The predicted octanol–water partition coefficient (Wildman–Crippen LogP) is 6.33. The van der Waals surface area contributed by atoms with Crippen molar-refractivity contribution in [2.45, 2.75) is 39.3 Å². The fraction of sp³-hybridized carbons (Fsp3) is 0.237. The summed E-state index contributed by atoms with van der Waals surface area (Å²) in [6.07, 6.45) is 3.15. The summed E-state index contributed by atoms with van der Waals surface area (Å²) in [5.41, 5.74) is 3.04. The molecule has 240 valence electrons. The molecule has 1 aliphatic heterocycles. The van der Waals surface area contributed by atoms with Gasteiger partial charge >= 0.3 is 5.97 Å². The van der Waals surface area contributed by atoms with Crippen molar-refractivity contribution in [3.05, 3.63) is 133 Å². The number of nitrogens with zero attached hydrogens (tertiary/aromatic N) is 2. The van der Waals surface area contributed by atoms with Gasteiger partial charge in [0.05, 0.1) is 36.6 Å². The maximum Gasteiger partial charge on any atom is 0.338 e. The Bertz CT molecular complexity index is 2150. The summed E-state index contributed by atoms with van der Waals surface area (Å²) < 4.78 is 25.3. The Morgan fingerprint density at radius 2 is 1.70 bits per heavy atom.